The summed E-state index contributed by atoms with van der Waals surface area (Å²) in [5.74, 6) is -0.962. The second-order valence-corrected chi connectivity index (χ2v) is 9.93. The molecule has 0 atom stereocenters. The van der Waals surface area contributed by atoms with Crippen molar-refractivity contribution >= 4 is 34.2 Å². The van der Waals surface area contributed by atoms with E-state index >= 15 is 0 Å². The van der Waals surface area contributed by atoms with Crippen molar-refractivity contribution in [1.29, 1.82) is 0 Å². The summed E-state index contributed by atoms with van der Waals surface area (Å²) in [5, 5.41) is 26.9. The van der Waals surface area contributed by atoms with Gasteiger partial charge in [0.25, 0.3) is 0 Å². The van der Waals surface area contributed by atoms with Crippen LogP contribution in [0, 0.1) is 0 Å². The first-order valence-electron chi connectivity index (χ1n) is 12.6. The summed E-state index contributed by atoms with van der Waals surface area (Å²) in [4.78, 5) is 33.3. The first-order chi connectivity index (χ1) is 19.1. The van der Waals surface area contributed by atoms with Gasteiger partial charge in [-0.2, -0.15) is 0 Å². The van der Waals surface area contributed by atoms with Crippen molar-refractivity contribution in [2.45, 2.75) is 31.3 Å². The van der Waals surface area contributed by atoms with Gasteiger partial charge in [0, 0.05) is 47.0 Å². The highest BCUT2D eigenvalue weighted by Crippen LogP contribution is 2.45. The first kappa shape index (κ1) is 26.5. The van der Waals surface area contributed by atoms with Crippen LogP contribution in [0.3, 0.4) is 0 Å². The molecule has 1 saturated carbocycles. The number of nitrogens with two attached hydrogens (primary N) is 1. The highest BCUT2D eigenvalue weighted by molar-refractivity contribution is 5.91. The average molecular weight is 538 g/mol. The fraction of sp³-hybridized carbons (Fsp3) is 0.167. The molecule has 0 radical (unpaired) electrons. The molecule has 0 bridgehead atoms. The minimum Gasteiger partial charge on any atom is -0.478 e. The van der Waals surface area contributed by atoms with Crippen LogP contribution in [0.25, 0.3) is 38.9 Å². The van der Waals surface area contributed by atoms with E-state index < -0.39 is 17.5 Å². The molecule has 6 rings (SSSR count). The Bertz CT molecular complexity index is 1740. The van der Waals surface area contributed by atoms with E-state index in [1.165, 1.54) is 0 Å². The minimum atomic E-state index is -1.26. The Hall–Kier alpha value is -5.09. The van der Waals surface area contributed by atoms with Crippen molar-refractivity contribution in [2.75, 3.05) is 5.73 Å². The van der Waals surface area contributed by atoms with E-state index in [1.54, 1.807) is 6.20 Å². The van der Waals surface area contributed by atoms with E-state index in [1.807, 2.05) is 41.8 Å². The molecule has 0 aliphatic heterocycles. The van der Waals surface area contributed by atoms with Gasteiger partial charge in [-0.1, -0.05) is 48.5 Å². The monoisotopic (exact) mass is 537 g/mol. The number of fused-ring (bicyclic) bond motifs is 2. The molecule has 0 unspecified atom stereocenters. The first-order valence-corrected chi connectivity index (χ1v) is 12.6. The molecule has 1 aliphatic carbocycles. The second-order valence-electron chi connectivity index (χ2n) is 9.93. The van der Waals surface area contributed by atoms with Gasteiger partial charge in [-0.3, -0.25) is 4.40 Å². The second kappa shape index (κ2) is 10.6. The molecule has 0 saturated heterocycles. The number of aliphatic hydroxyl groups is 1. The standard InChI is InChI=1S/C26H23N5O.C4H4O4/c1-26(32)14-19(15-26)25-30-22(23-24(27)28-11-12-31(23)25)18-8-7-17-9-10-20(29-21(17)13-18)16-5-3-2-4-6-16;5-3(6)1-2-4(7)8/h2-13,19,32H,14-15H2,1H3,(H2,27,28);1-2H,(H,5,6)(H,7,8). The molecule has 0 spiro atoms. The maximum atomic E-state index is 10.3. The number of pyridine rings is 1. The predicted molar refractivity (Wildman–Crippen MR) is 151 cm³/mol. The smallest absolute Gasteiger partial charge is 0.328 e. The van der Waals surface area contributed by atoms with Crippen LogP contribution in [0.2, 0.25) is 0 Å². The Balaban J connectivity index is 0.000000355. The lowest BCUT2D eigenvalue weighted by Crippen LogP contribution is -2.40. The Morgan fingerprint density at radius 1 is 0.975 bits per heavy atom. The van der Waals surface area contributed by atoms with Crippen molar-refractivity contribution in [2.24, 2.45) is 0 Å². The van der Waals surface area contributed by atoms with Gasteiger partial charge >= 0.3 is 11.9 Å². The lowest BCUT2D eigenvalue weighted by Gasteiger charge is -2.40. The van der Waals surface area contributed by atoms with Crippen molar-refractivity contribution < 1.29 is 24.9 Å². The molecule has 1 aliphatic rings. The van der Waals surface area contributed by atoms with Crippen LogP contribution in [0.4, 0.5) is 5.82 Å². The third-order valence-electron chi connectivity index (χ3n) is 6.75. The number of carbonyl (C=O) groups is 2. The number of hydrogen-bond donors (Lipinski definition) is 4. The molecular weight excluding hydrogens is 510 g/mol. The number of carboxylic acid groups (broad SMARTS) is 2. The molecule has 40 heavy (non-hydrogen) atoms. The van der Waals surface area contributed by atoms with Crippen LogP contribution >= 0.6 is 0 Å². The van der Waals surface area contributed by atoms with E-state index in [0.717, 1.165) is 44.8 Å². The van der Waals surface area contributed by atoms with Gasteiger partial charge in [0.05, 0.1) is 16.8 Å². The van der Waals surface area contributed by atoms with E-state index in [0.29, 0.717) is 30.8 Å². The van der Waals surface area contributed by atoms with Gasteiger partial charge in [0.1, 0.15) is 22.9 Å². The van der Waals surface area contributed by atoms with Crippen LogP contribution in [-0.4, -0.2) is 52.2 Å². The highest BCUT2D eigenvalue weighted by atomic mass is 16.4. The summed E-state index contributed by atoms with van der Waals surface area (Å²) in [5.41, 5.74) is 11.1. The molecule has 10 heteroatoms. The number of hydrogen-bond acceptors (Lipinski definition) is 7. The van der Waals surface area contributed by atoms with Crippen molar-refractivity contribution in [1.82, 2.24) is 19.4 Å². The molecule has 5 aromatic rings. The van der Waals surface area contributed by atoms with Crippen LogP contribution in [-0.2, 0) is 9.59 Å². The molecule has 5 N–H and O–H groups in total. The quantitative estimate of drug-likeness (QED) is 0.236. The third kappa shape index (κ3) is 5.52. The van der Waals surface area contributed by atoms with E-state index in [9.17, 15) is 14.7 Å². The summed E-state index contributed by atoms with van der Waals surface area (Å²) in [6, 6.07) is 20.5. The largest absolute Gasteiger partial charge is 0.478 e. The number of rotatable bonds is 5. The summed E-state index contributed by atoms with van der Waals surface area (Å²) < 4.78 is 2.02. The van der Waals surface area contributed by atoms with E-state index in [4.69, 9.17) is 25.9 Å². The SMILES string of the molecule is CC1(O)CC(c2nc(-c3ccc4ccc(-c5ccccc5)nc4c3)c3c(N)nccn23)C1.O=C(O)C=CC(=O)O. The van der Waals surface area contributed by atoms with E-state index in [2.05, 4.69) is 41.4 Å². The molecule has 1 fully saturated rings. The van der Waals surface area contributed by atoms with Crippen molar-refractivity contribution in [3.05, 3.63) is 91.0 Å². The Kier molecular flexibility index (Phi) is 7.02. The zero-order valence-electron chi connectivity index (χ0n) is 21.6. The fourth-order valence-electron chi connectivity index (χ4n) is 4.94. The van der Waals surface area contributed by atoms with Crippen LogP contribution in [0.5, 0.6) is 0 Å². The van der Waals surface area contributed by atoms with Gasteiger partial charge < -0.3 is 21.1 Å². The van der Waals surface area contributed by atoms with Gasteiger partial charge in [-0.25, -0.2) is 24.5 Å². The summed E-state index contributed by atoms with van der Waals surface area (Å²) in [6.07, 6.45) is 6.09. The highest BCUT2D eigenvalue weighted by Gasteiger charge is 2.41. The molecule has 202 valence electrons. The normalized spacial score (nSPS) is 18.3. The topological polar surface area (TPSA) is 164 Å². The number of benzene rings is 2. The molecule has 0 amide bonds. The Morgan fingerprint density at radius 3 is 2.30 bits per heavy atom. The summed E-state index contributed by atoms with van der Waals surface area (Å²) in [6.45, 7) is 1.87. The maximum Gasteiger partial charge on any atom is 0.328 e. The third-order valence-corrected chi connectivity index (χ3v) is 6.75. The summed E-state index contributed by atoms with van der Waals surface area (Å²) >= 11 is 0. The number of aliphatic carboxylic acids is 2. The van der Waals surface area contributed by atoms with Gasteiger partial charge in [-0.15, -0.1) is 0 Å². The fourth-order valence-corrected chi connectivity index (χ4v) is 4.94. The number of anilines is 1. The zero-order chi connectivity index (χ0) is 28.4. The van der Waals surface area contributed by atoms with Gasteiger partial charge in [0.2, 0.25) is 0 Å². The van der Waals surface area contributed by atoms with Crippen LogP contribution in [0.1, 0.15) is 31.5 Å². The predicted octanol–water partition coefficient (Wildman–Crippen LogP) is 4.53. The summed E-state index contributed by atoms with van der Waals surface area (Å²) in [7, 11) is 0. The van der Waals surface area contributed by atoms with Crippen molar-refractivity contribution in [3.8, 4) is 22.5 Å². The zero-order valence-corrected chi connectivity index (χ0v) is 21.6. The minimum absolute atomic E-state index is 0.191. The van der Waals surface area contributed by atoms with Crippen molar-refractivity contribution in [3.63, 3.8) is 0 Å². The van der Waals surface area contributed by atoms with Gasteiger partial charge in [-0.05, 0) is 31.9 Å². The van der Waals surface area contributed by atoms with E-state index in [-0.39, 0.29) is 5.92 Å². The average Bonchev–Trinajstić information content (AvgIpc) is 3.31. The van der Waals surface area contributed by atoms with Gasteiger partial charge in [0.15, 0.2) is 0 Å². The number of nitrogens with zero attached hydrogens (tertiary/aromatic N) is 4. The Labute approximate surface area is 229 Å². The molecule has 3 heterocycles. The maximum absolute atomic E-state index is 10.3. The molecule has 3 aromatic heterocycles. The molecular formula is C30H27N5O5. The molecule has 10 nitrogen and oxygen atoms in total. The molecule has 2 aromatic carbocycles. The lowest BCUT2D eigenvalue weighted by molar-refractivity contribution is -0.134. The number of nitrogen functional groups attached to an aromatic ring is 1. The van der Waals surface area contributed by atoms with Crippen LogP contribution in [0.15, 0.2) is 85.2 Å². The number of carboxylic acids is 2. The van der Waals surface area contributed by atoms with Crippen LogP contribution < -0.4 is 5.73 Å². The number of imidazole rings is 1. The number of aromatic nitrogens is 4. The Morgan fingerprint density at radius 2 is 1.65 bits per heavy atom. The lowest BCUT2D eigenvalue weighted by atomic mass is 9.72.